The number of carbonyl (C=O) groups is 1. The second-order valence-electron chi connectivity index (χ2n) is 4.79. The van der Waals surface area contributed by atoms with Gasteiger partial charge < -0.3 is 11.1 Å². The number of nitrogens with two attached hydrogens (primary N) is 1. The quantitative estimate of drug-likeness (QED) is 0.884. The highest BCUT2D eigenvalue weighted by molar-refractivity contribution is 9.10. The standard InChI is InChI=1S/C13H17BrClN3O/c14-9-1-2-12(11(15)7-9)17-13(19)8-18-5-3-10(16)4-6-18/h1-2,7,10H,3-6,8,16H2,(H,17,19). The summed E-state index contributed by atoms with van der Waals surface area (Å²) < 4.78 is 0.889. The van der Waals surface area contributed by atoms with E-state index in [1.807, 2.05) is 6.07 Å². The summed E-state index contributed by atoms with van der Waals surface area (Å²) in [5.41, 5.74) is 6.48. The maximum Gasteiger partial charge on any atom is 0.238 e. The number of nitrogens with zero attached hydrogens (tertiary/aromatic N) is 1. The van der Waals surface area contributed by atoms with Crippen LogP contribution in [0, 0.1) is 0 Å². The Morgan fingerprint density at radius 3 is 2.79 bits per heavy atom. The molecular formula is C13H17BrClN3O. The lowest BCUT2D eigenvalue weighted by Crippen LogP contribution is -2.43. The van der Waals surface area contributed by atoms with Crippen LogP contribution in [0.2, 0.25) is 5.02 Å². The second-order valence-corrected chi connectivity index (χ2v) is 6.11. The first-order valence-corrected chi connectivity index (χ1v) is 7.44. The van der Waals surface area contributed by atoms with Crippen molar-refractivity contribution in [1.29, 1.82) is 0 Å². The van der Waals surface area contributed by atoms with Gasteiger partial charge in [0.1, 0.15) is 0 Å². The number of halogens is 2. The second kappa shape index (κ2) is 6.70. The van der Waals surface area contributed by atoms with Crippen molar-refractivity contribution in [2.45, 2.75) is 18.9 Å². The van der Waals surface area contributed by atoms with Gasteiger partial charge in [-0.2, -0.15) is 0 Å². The molecule has 0 saturated carbocycles. The highest BCUT2D eigenvalue weighted by Gasteiger charge is 2.18. The van der Waals surface area contributed by atoms with E-state index in [4.69, 9.17) is 17.3 Å². The van der Waals surface area contributed by atoms with Gasteiger partial charge in [-0.25, -0.2) is 0 Å². The predicted molar refractivity (Wildman–Crippen MR) is 81.4 cm³/mol. The van der Waals surface area contributed by atoms with Crippen molar-refractivity contribution in [2.24, 2.45) is 5.73 Å². The van der Waals surface area contributed by atoms with Crippen LogP contribution in [0.1, 0.15) is 12.8 Å². The molecule has 1 fully saturated rings. The molecule has 104 valence electrons. The van der Waals surface area contributed by atoms with Crippen LogP contribution in [-0.4, -0.2) is 36.5 Å². The minimum absolute atomic E-state index is 0.0420. The zero-order valence-corrected chi connectivity index (χ0v) is 12.9. The number of hydrogen-bond acceptors (Lipinski definition) is 3. The summed E-state index contributed by atoms with van der Waals surface area (Å²) in [7, 11) is 0. The van der Waals surface area contributed by atoms with Gasteiger partial charge in [0.05, 0.1) is 17.3 Å². The first kappa shape index (κ1) is 14.8. The fourth-order valence-corrected chi connectivity index (χ4v) is 2.82. The van der Waals surface area contributed by atoms with Crippen molar-refractivity contribution in [1.82, 2.24) is 4.90 Å². The first-order valence-electron chi connectivity index (χ1n) is 6.27. The van der Waals surface area contributed by atoms with Gasteiger partial charge in [0.2, 0.25) is 5.91 Å². The summed E-state index contributed by atoms with van der Waals surface area (Å²) in [5, 5.41) is 3.36. The van der Waals surface area contributed by atoms with E-state index < -0.39 is 0 Å². The number of benzene rings is 1. The van der Waals surface area contributed by atoms with Crippen molar-refractivity contribution in [3.63, 3.8) is 0 Å². The Labute approximate surface area is 126 Å². The summed E-state index contributed by atoms with van der Waals surface area (Å²) in [6.45, 7) is 2.14. The van der Waals surface area contributed by atoms with Crippen LogP contribution in [0.3, 0.4) is 0 Å². The fourth-order valence-electron chi connectivity index (χ4n) is 2.09. The van der Waals surface area contributed by atoms with Crippen molar-refractivity contribution in [2.75, 3.05) is 25.0 Å². The van der Waals surface area contributed by atoms with Crippen molar-refractivity contribution < 1.29 is 4.79 Å². The Hall–Kier alpha value is -0.620. The lowest BCUT2D eigenvalue weighted by atomic mass is 10.1. The molecular weight excluding hydrogens is 330 g/mol. The van der Waals surface area contributed by atoms with Crippen LogP contribution < -0.4 is 11.1 Å². The largest absolute Gasteiger partial charge is 0.328 e. The maximum absolute atomic E-state index is 11.9. The minimum Gasteiger partial charge on any atom is -0.328 e. The molecule has 0 unspecified atom stereocenters. The molecule has 0 atom stereocenters. The highest BCUT2D eigenvalue weighted by atomic mass is 79.9. The maximum atomic E-state index is 11.9. The lowest BCUT2D eigenvalue weighted by molar-refractivity contribution is -0.117. The Morgan fingerprint density at radius 1 is 1.47 bits per heavy atom. The Kier molecular flexibility index (Phi) is 5.21. The van der Waals surface area contributed by atoms with Gasteiger partial charge in [0.25, 0.3) is 0 Å². The van der Waals surface area contributed by atoms with E-state index in [-0.39, 0.29) is 11.9 Å². The number of nitrogens with one attached hydrogen (secondary N) is 1. The molecule has 19 heavy (non-hydrogen) atoms. The summed E-state index contributed by atoms with van der Waals surface area (Å²) in [6.07, 6.45) is 1.90. The minimum atomic E-state index is -0.0420. The molecule has 0 aliphatic carbocycles. The van der Waals surface area contributed by atoms with Crippen LogP contribution in [-0.2, 0) is 4.79 Å². The van der Waals surface area contributed by atoms with Gasteiger partial charge in [-0.05, 0) is 31.0 Å². The number of piperidine rings is 1. The molecule has 3 N–H and O–H groups in total. The average Bonchev–Trinajstić information content (AvgIpc) is 2.36. The summed E-state index contributed by atoms with van der Waals surface area (Å²) in [6, 6.07) is 5.68. The number of rotatable bonds is 3. The molecule has 1 aliphatic heterocycles. The lowest BCUT2D eigenvalue weighted by Gasteiger charge is -2.29. The van der Waals surface area contributed by atoms with E-state index in [1.54, 1.807) is 12.1 Å². The third-order valence-corrected chi connectivity index (χ3v) is 4.01. The zero-order valence-electron chi connectivity index (χ0n) is 10.5. The van der Waals surface area contributed by atoms with E-state index in [1.165, 1.54) is 0 Å². The predicted octanol–water partition coefficient (Wildman–Crippen LogP) is 2.46. The topological polar surface area (TPSA) is 58.4 Å². The van der Waals surface area contributed by atoms with Crippen LogP contribution in [0.5, 0.6) is 0 Å². The van der Waals surface area contributed by atoms with Crippen LogP contribution in [0.15, 0.2) is 22.7 Å². The van der Waals surface area contributed by atoms with E-state index in [0.717, 1.165) is 30.4 Å². The van der Waals surface area contributed by atoms with Crippen molar-refractivity contribution >= 4 is 39.1 Å². The fraction of sp³-hybridized carbons (Fsp3) is 0.462. The summed E-state index contributed by atoms with van der Waals surface area (Å²) >= 11 is 9.39. The number of carbonyl (C=O) groups excluding carboxylic acids is 1. The van der Waals surface area contributed by atoms with E-state index in [9.17, 15) is 4.79 Å². The van der Waals surface area contributed by atoms with Gasteiger partial charge in [-0.15, -0.1) is 0 Å². The third-order valence-electron chi connectivity index (χ3n) is 3.20. The van der Waals surface area contributed by atoms with Gasteiger partial charge in [0, 0.05) is 23.6 Å². The van der Waals surface area contributed by atoms with Gasteiger partial charge in [-0.1, -0.05) is 27.5 Å². The highest BCUT2D eigenvalue weighted by Crippen LogP contribution is 2.25. The van der Waals surface area contributed by atoms with Gasteiger partial charge in [0.15, 0.2) is 0 Å². The molecule has 0 radical (unpaired) electrons. The summed E-state index contributed by atoms with van der Waals surface area (Å²) in [4.78, 5) is 14.1. The molecule has 4 nitrogen and oxygen atoms in total. The van der Waals surface area contributed by atoms with Gasteiger partial charge in [-0.3, -0.25) is 9.69 Å². The first-order chi connectivity index (χ1) is 9.04. The van der Waals surface area contributed by atoms with Crippen LogP contribution in [0.4, 0.5) is 5.69 Å². The molecule has 1 aliphatic rings. The number of likely N-dealkylation sites (tertiary alicyclic amines) is 1. The summed E-state index contributed by atoms with van der Waals surface area (Å²) in [5.74, 6) is -0.0420. The Balaban J connectivity index is 1.87. The van der Waals surface area contributed by atoms with Crippen molar-refractivity contribution in [3.8, 4) is 0 Å². The normalized spacial score (nSPS) is 17.4. The molecule has 1 aromatic rings. The number of anilines is 1. The molecule has 6 heteroatoms. The zero-order chi connectivity index (χ0) is 13.8. The number of amides is 1. The molecule has 1 heterocycles. The SMILES string of the molecule is NC1CCN(CC(=O)Nc2ccc(Br)cc2Cl)CC1. The van der Waals surface area contributed by atoms with Crippen molar-refractivity contribution in [3.05, 3.63) is 27.7 Å². The Morgan fingerprint density at radius 2 is 2.16 bits per heavy atom. The average molecular weight is 347 g/mol. The third kappa shape index (κ3) is 4.45. The molecule has 0 spiro atoms. The molecule has 0 aromatic heterocycles. The molecule has 1 saturated heterocycles. The molecule has 2 rings (SSSR count). The molecule has 1 aromatic carbocycles. The Bertz CT molecular complexity index is 461. The van der Waals surface area contributed by atoms with E-state index >= 15 is 0 Å². The van der Waals surface area contributed by atoms with Crippen LogP contribution >= 0.6 is 27.5 Å². The van der Waals surface area contributed by atoms with E-state index in [2.05, 4.69) is 26.1 Å². The van der Waals surface area contributed by atoms with E-state index in [0.29, 0.717) is 17.3 Å². The molecule has 1 amide bonds. The smallest absolute Gasteiger partial charge is 0.238 e. The molecule has 0 bridgehead atoms. The van der Waals surface area contributed by atoms with Crippen LogP contribution in [0.25, 0.3) is 0 Å². The number of hydrogen-bond donors (Lipinski definition) is 2. The van der Waals surface area contributed by atoms with Gasteiger partial charge >= 0.3 is 0 Å². The monoisotopic (exact) mass is 345 g/mol.